The van der Waals surface area contributed by atoms with E-state index < -0.39 is 6.36 Å². The molecule has 0 spiro atoms. The number of hydrogen-bond donors (Lipinski definition) is 1. The molecule has 102 valence electrons. The van der Waals surface area contributed by atoms with E-state index in [1.165, 1.54) is 12.1 Å². The number of aliphatic hydroxyl groups excluding tert-OH is 1. The van der Waals surface area contributed by atoms with Gasteiger partial charge in [-0.2, -0.15) is 0 Å². The number of ether oxygens (including phenoxy) is 1. The number of aliphatic hydroxyl groups is 1. The van der Waals surface area contributed by atoms with Crippen molar-refractivity contribution in [3.63, 3.8) is 0 Å². The molecule has 2 rings (SSSR count). The van der Waals surface area contributed by atoms with Gasteiger partial charge >= 0.3 is 6.36 Å². The van der Waals surface area contributed by atoms with Gasteiger partial charge in [0.2, 0.25) is 0 Å². The average molecular weight is 271 g/mol. The second-order valence-corrected chi connectivity index (χ2v) is 4.04. The summed E-state index contributed by atoms with van der Waals surface area (Å²) in [4.78, 5) is 0. The molecule has 0 aliphatic rings. The Hall–Kier alpha value is -1.95. The maximum atomic E-state index is 12.0. The van der Waals surface area contributed by atoms with E-state index >= 15 is 0 Å². The normalized spacial score (nSPS) is 11.6. The van der Waals surface area contributed by atoms with Crippen LogP contribution in [0.3, 0.4) is 0 Å². The predicted molar refractivity (Wildman–Crippen MR) is 62.6 cm³/mol. The Balaban J connectivity index is 2.02. The summed E-state index contributed by atoms with van der Waals surface area (Å²) in [5, 5.41) is 8.93. The van der Waals surface area contributed by atoms with Crippen LogP contribution in [0.25, 0.3) is 0 Å². The standard InChI is InChI=1S/C13H12F3NO2/c14-13(15,16)19-12-3-1-10(2-4-12)7-17-6-5-11(8-17)9-18/h1-6,8,18H,7,9H2. The molecule has 1 heterocycles. The van der Waals surface area contributed by atoms with Crippen molar-refractivity contribution in [3.05, 3.63) is 53.9 Å². The maximum absolute atomic E-state index is 12.0. The van der Waals surface area contributed by atoms with Crippen LogP contribution in [0.2, 0.25) is 0 Å². The highest BCUT2D eigenvalue weighted by Gasteiger charge is 2.30. The Morgan fingerprint density at radius 2 is 1.74 bits per heavy atom. The van der Waals surface area contributed by atoms with Crippen LogP contribution < -0.4 is 4.74 Å². The summed E-state index contributed by atoms with van der Waals surface area (Å²) in [7, 11) is 0. The summed E-state index contributed by atoms with van der Waals surface area (Å²) >= 11 is 0. The number of benzene rings is 1. The van der Waals surface area contributed by atoms with Gasteiger partial charge in [0.1, 0.15) is 5.75 Å². The average Bonchev–Trinajstić information content (AvgIpc) is 2.77. The molecule has 0 saturated carbocycles. The first-order chi connectivity index (χ1) is 8.96. The fourth-order valence-electron chi connectivity index (χ4n) is 1.69. The van der Waals surface area contributed by atoms with Crippen LogP contribution in [0, 0.1) is 0 Å². The highest BCUT2D eigenvalue weighted by atomic mass is 19.4. The van der Waals surface area contributed by atoms with Crippen LogP contribution >= 0.6 is 0 Å². The molecule has 0 fully saturated rings. The number of alkyl halides is 3. The number of aromatic nitrogens is 1. The molecule has 3 nitrogen and oxygen atoms in total. The monoisotopic (exact) mass is 271 g/mol. The van der Waals surface area contributed by atoms with Gasteiger partial charge < -0.3 is 14.4 Å². The van der Waals surface area contributed by atoms with Crippen LogP contribution in [-0.4, -0.2) is 16.0 Å². The molecular weight excluding hydrogens is 259 g/mol. The molecule has 0 radical (unpaired) electrons. The third-order valence-corrected chi connectivity index (χ3v) is 2.52. The SMILES string of the molecule is OCc1ccn(Cc2ccc(OC(F)(F)F)cc2)c1. The number of nitrogens with zero attached hydrogens (tertiary/aromatic N) is 1. The van der Waals surface area contributed by atoms with Crippen LogP contribution in [0.4, 0.5) is 13.2 Å². The van der Waals surface area contributed by atoms with Gasteiger partial charge in [-0.15, -0.1) is 13.2 Å². The zero-order valence-electron chi connectivity index (χ0n) is 9.89. The van der Waals surface area contributed by atoms with Gasteiger partial charge in [0, 0.05) is 18.9 Å². The van der Waals surface area contributed by atoms with Gasteiger partial charge in [0.05, 0.1) is 6.61 Å². The summed E-state index contributed by atoms with van der Waals surface area (Å²) in [6.45, 7) is 0.484. The Kier molecular flexibility index (Phi) is 3.80. The molecule has 0 saturated heterocycles. The lowest BCUT2D eigenvalue weighted by Gasteiger charge is -2.09. The molecule has 0 aliphatic heterocycles. The minimum atomic E-state index is -4.67. The molecule has 1 N–H and O–H groups in total. The fraction of sp³-hybridized carbons (Fsp3) is 0.231. The highest BCUT2D eigenvalue weighted by molar-refractivity contribution is 5.28. The van der Waals surface area contributed by atoms with E-state index in [9.17, 15) is 13.2 Å². The van der Waals surface area contributed by atoms with Gasteiger partial charge in [-0.05, 0) is 29.3 Å². The smallest absolute Gasteiger partial charge is 0.406 e. The second kappa shape index (κ2) is 5.36. The molecule has 2 aromatic rings. The molecule has 19 heavy (non-hydrogen) atoms. The van der Waals surface area contributed by atoms with Crippen molar-refractivity contribution < 1.29 is 23.0 Å². The summed E-state index contributed by atoms with van der Waals surface area (Å²) in [5.74, 6) is -0.236. The Morgan fingerprint density at radius 3 is 2.26 bits per heavy atom. The molecule has 0 atom stereocenters. The van der Waals surface area contributed by atoms with E-state index in [2.05, 4.69) is 4.74 Å². The Bertz CT molecular complexity index is 532. The summed E-state index contributed by atoms with van der Waals surface area (Å²) in [6, 6.07) is 7.47. The molecule has 6 heteroatoms. The first-order valence-corrected chi connectivity index (χ1v) is 5.56. The fourth-order valence-corrected chi connectivity index (χ4v) is 1.69. The van der Waals surface area contributed by atoms with Gasteiger partial charge in [0.25, 0.3) is 0 Å². The molecule has 0 unspecified atom stereocenters. The highest BCUT2D eigenvalue weighted by Crippen LogP contribution is 2.22. The van der Waals surface area contributed by atoms with E-state index in [1.807, 2.05) is 4.57 Å². The second-order valence-electron chi connectivity index (χ2n) is 4.04. The van der Waals surface area contributed by atoms with Crippen molar-refractivity contribution >= 4 is 0 Å². The first-order valence-electron chi connectivity index (χ1n) is 5.56. The number of hydrogen-bond acceptors (Lipinski definition) is 2. The lowest BCUT2D eigenvalue weighted by atomic mass is 10.2. The van der Waals surface area contributed by atoms with E-state index in [0.29, 0.717) is 6.54 Å². The third-order valence-electron chi connectivity index (χ3n) is 2.52. The zero-order valence-corrected chi connectivity index (χ0v) is 9.89. The maximum Gasteiger partial charge on any atom is 0.573 e. The van der Waals surface area contributed by atoms with Crippen molar-refractivity contribution in [1.29, 1.82) is 0 Å². The van der Waals surface area contributed by atoms with Crippen molar-refractivity contribution in [3.8, 4) is 5.75 Å². The van der Waals surface area contributed by atoms with E-state index in [1.54, 1.807) is 30.6 Å². The predicted octanol–water partition coefficient (Wildman–Crippen LogP) is 2.93. The summed E-state index contributed by atoms with van der Waals surface area (Å²) < 4.78 is 41.6. The minimum Gasteiger partial charge on any atom is -0.406 e. The lowest BCUT2D eigenvalue weighted by Crippen LogP contribution is -2.17. The van der Waals surface area contributed by atoms with Crippen molar-refractivity contribution in [2.24, 2.45) is 0 Å². The van der Waals surface area contributed by atoms with Crippen LogP contribution in [0.15, 0.2) is 42.7 Å². The van der Waals surface area contributed by atoms with Gasteiger partial charge in [-0.25, -0.2) is 0 Å². The van der Waals surface area contributed by atoms with Crippen molar-refractivity contribution in [1.82, 2.24) is 4.57 Å². The van der Waals surface area contributed by atoms with Crippen LogP contribution in [0.5, 0.6) is 5.75 Å². The van der Waals surface area contributed by atoms with E-state index in [-0.39, 0.29) is 12.4 Å². The Morgan fingerprint density at radius 1 is 1.05 bits per heavy atom. The van der Waals surface area contributed by atoms with Crippen LogP contribution in [-0.2, 0) is 13.2 Å². The topological polar surface area (TPSA) is 34.4 Å². The molecule has 0 bridgehead atoms. The number of rotatable bonds is 4. The first kappa shape index (κ1) is 13.5. The van der Waals surface area contributed by atoms with Gasteiger partial charge in [-0.1, -0.05) is 12.1 Å². The van der Waals surface area contributed by atoms with Crippen LogP contribution in [0.1, 0.15) is 11.1 Å². The largest absolute Gasteiger partial charge is 0.573 e. The molecule has 1 aromatic heterocycles. The summed E-state index contributed by atoms with van der Waals surface area (Å²) in [5.41, 5.74) is 1.63. The molecule has 0 amide bonds. The van der Waals surface area contributed by atoms with Gasteiger partial charge in [0.15, 0.2) is 0 Å². The Labute approximate surface area is 107 Å². The van der Waals surface area contributed by atoms with E-state index in [0.717, 1.165) is 11.1 Å². The zero-order chi connectivity index (χ0) is 13.9. The van der Waals surface area contributed by atoms with Gasteiger partial charge in [-0.3, -0.25) is 0 Å². The number of halogens is 3. The van der Waals surface area contributed by atoms with Crippen molar-refractivity contribution in [2.45, 2.75) is 19.5 Å². The minimum absolute atomic E-state index is 0.0363. The van der Waals surface area contributed by atoms with E-state index in [4.69, 9.17) is 5.11 Å². The lowest BCUT2D eigenvalue weighted by molar-refractivity contribution is -0.274. The molecule has 1 aromatic carbocycles. The molecular formula is C13H12F3NO2. The van der Waals surface area contributed by atoms with Crippen molar-refractivity contribution in [2.75, 3.05) is 0 Å². The quantitative estimate of drug-likeness (QED) is 0.927. The molecule has 0 aliphatic carbocycles. The summed E-state index contributed by atoms with van der Waals surface area (Å²) in [6.07, 6.45) is -1.09. The third kappa shape index (κ3) is 4.03.